The Morgan fingerprint density at radius 3 is 2.59 bits per heavy atom. The van der Waals surface area contributed by atoms with Crippen LogP contribution in [0.4, 0.5) is 18.9 Å². The summed E-state index contributed by atoms with van der Waals surface area (Å²) in [5.74, 6) is -2.43. The van der Waals surface area contributed by atoms with Gasteiger partial charge in [-0.2, -0.15) is 35.5 Å². The quantitative estimate of drug-likeness (QED) is 0.0805. The molecule has 218 valence electrons. The van der Waals surface area contributed by atoms with E-state index in [9.17, 15) is 22.8 Å². The molecule has 2 heterocycles. The minimum atomic E-state index is -4.94. The Bertz CT molecular complexity index is 1480. The zero-order valence-electron chi connectivity index (χ0n) is 21.3. The molecule has 3 aromatic rings. The van der Waals surface area contributed by atoms with Crippen LogP contribution < -0.4 is 16.1 Å². The van der Waals surface area contributed by atoms with Crippen LogP contribution in [0.5, 0.6) is 0 Å². The van der Waals surface area contributed by atoms with Crippen molar-refractivity contribution in [2.45, 2.75) is 25.7 Å². The summed E-state index contributed by atoms with van der Waals surface area (Å²) < 4.78 is 38.5. The molecule has 2 amide bonds. The summed E-state index contributed by atoms with van der Waals surface area (Å²) in [6.07, 6.45) is -1.63. The van der Waals surface area contributed by atoms with Gasteiger partial charge in [0.05, 0.1) is 21.3 Å². The molecular weight excluding hydrogens is 630 g/mol. The number of halogens is 6. The van der Waals surface area contributed by atoms with E-state index in [0.717, 1.165) is 10.1 Å². The number of nitrogens with one attached hydrogen (secondary N) is 3. The Hall–Kier alpha value is -3.24. The van der Waals surface area contributed by atoms with E-state index < -0.39 is 23.8 Å². The van der Waals surface area contributed by atoms with Crippen LogP contribution in [0.1, 0.15) is 33.5 Å². The summed E-state index contributed by atoms with van der Waals surface area (Å²) in [6, 6.07) is 6.94. The lowest BCUT2D eigenvalue weighted by Crippen LogP contribution is -2.76. The summed E-state index contributed by atoms with van der Waals surface area (Å²) in [5, 5.41) is 22.9. The number of carbonyl (C=O) groups excluding carboxylic acids is 2. The maximum absolute atomic E-state index is 13.5. The Kier molecular flexibility index (Phi) is 11.1. The zero-order valence-corrected chi connectivity index (χ0v) is 24.3. The number of pyridine rings is 1. The van der Waals surface area contributed by atoms with Crippen molar-refractivity contribution in [2.24, 2.45) is 10.3 Å². The number of alkyl halides is 3. The molecule has 5 N–H and O–H groups in total. The second-order valence-electron chi connectivity index (χ2n) is 8.28. The number of anilines is 1. The molecule has 1 unspecified atom stereocenters. The van der Waals surface area contributed by atoms with Crippen molar-refractivity contribution in [3.05, 3.63) is 68.5 Å². The van der Waals surface area contributed by atoms with Crippen LogP contribution in [0.25, 0.3) is 5.82 Å². The van der Waals surface area contributed by atoms with Crippen molar-refractivity contribution < 1.29 is 28.2 Å². The van der Waals surface area contributed by atoms with E-state index >= 15 is 0 Å². The second kappa shape index (κ2) is 14.1. The summed E-state index contributed by atoms with van der Waals surface area (Å²) in [6.45, 7) is 1.66. The van der Waals surface area contributed by atoms with Crippen LogP contribution in [0.2, 0.25) is 15.1 Å². The number of quaternary nitrogens is 1. The van der Waals surface area contributed by atoms with Crippen LogP contribution in [0.3, 0.4) is 0 Å². The van der Waals surface area contributed by atoms with Gasteiger partial charge in [-0.3, -0.25) is 15.0 Å². The standard InChI is InChI=1S/C23H21Cl3F3N9O2S/c1-11(10-41-2)33-20(39)14-6-12(24)7-16(26)18(14)34-21(40)17-8-13(9-32-37-35-22(30)23(27,28)29)36-38(17)19-15(25)4-3-5-31-19/h3-8,11H,9-10H2,1-2H3,(H,33,39)(H,34,40)(H2,30,32,35)/p+1. The molecule has 11 nitrogen and oxygen atoms in total. The first-order valence-corrected chi connectivity index (χ1v) is 14.0. The molecule has 0 spiro atoms. The fraction of sp³-hybridized carbons (Fsp3) is 0.261. The molecule has 18 heteroatoms. The van der Waals surface area contributed by atoms with Crippen molar-refractivity contribution >= 4 is 69.9 Å². The average Bonchev–Trinajstić information content (AvgIpc) is 3.31. The fourth-order valence-corrected chi connectivity index (χ4v) is 4.65. The highest BCUT2D eigenvalue weighted by molar-refractivity contribution is 7.98. The van der Waals surface area contributed by atoms with E-state index in [1.54, 1.807) is 6.07 Å². The minimum absolute atomic E-state index is 0.00321. The number of amidine groups is 1. The minimum Gasteiger partial charge on any atom is -0.349 e. The largest absolute Gasteiger partial charge is 0.453 e. The third-order valence-electron chi connectivity index (χ3n) is 5.07. The molecule has 0 radical (unpaired) electrons. The van der Waals surface area contributed by atoms with Gasteiger partial charge in [-0.15, -0.1) is 0 Å². The number of benzene rings is 1. The van der Waals surface area contributed by atoms with E-state index in [2.05, 4.69) is 31.1 Å². The molecule has 0 fully saturated rings. The number of thioether (sulfide) groups is 1. The van der Waals surface area contributed by atoms with E-state index in [1.165, 1.54) is 42.2 Å². The third-order valence-corrected chi connectivity index (χ3v) is 6.72. The zero-order chi connectivity index (χ0) is 30.3. The van der Waals surface area contributed by atoms with E-state index in [4.69, 9.17) is 40.2 Å². The lowest BCUT2D eigenvalue weighted by molar-refractivity contribution is -0.684. The number of nitrogens with zero attached hydrogens (tertiary/aromatic N) is 5. The Labute approximate surface area is 250 Å². The molecular formula is C23H22Cl3F3N9O2S+. The Morgan fingerprint density at radius 2 is 1.93 bits per heavy atom. The predicted octanol–water partition coefficient (Wildman–Crippen LogP) is 4.93. The lowest BCUT2D eigenvalue weighted by Gasteiger charge is -2.17. The molecule has 0 saturated carbocycles. The predicted molar refractivity (Wildman–Crippen MR) is 150 cm³/mol. The first kappa shape index (κ1) is 32.3. The van der Waals surface area contributed by atoms with Crippen molar-refractivity contribution in [2.75, 3.05) is 17.3 Å². The van der Waals surface area contributed by atoms with Crippen LogP contribution in [0, 0.1) is 5.41 Å². The normalized spacial score (nSPS) is 12.4. The topological polar surface area (TPSA) is 154 Å². The van der Waals surface area contributed by atoms with E-state index in [-0.39, 0.29) is 56.1 Å². The highest BCUT2D eigenvalue weighted by Gasteiger charge is 2.35. The van der Waals surface area contributed by atoms with Gasteiger partial charge in [0.15, 0.2) is 5.82 Å². The van der Waals surface area contributed by atoms with Gasteiger partial charge < -0.3 is 10.6 Å². The number of amides is 2. The van der Waals surface area contributed by atoms with Crippen molar-refractivity contribution in [3.63, 3.8) is 0 Å². The van der Waals surface area contributed by atoms with Gasteiger partial charge in [-0.1, -0.05) is 39.9 Å². The van der Waals surface area contributed by atoms with Crippen LogP contribution in [-0.2, 0) is 6.54 Å². The number of rotatable bonds is 10. The second-order valence-corrected chi connectivity index (χ2v) is 10.4. The maximum Gasteiger partial charge on any atom is 0.453 e. The van der Waals surface area contributed by atoms with Gasteiger partial charge in [0.25, 0.3) is 17.6 Å². The highest BCUT2D eigenvalue weighted by Crippen LogP contribution is 2.31. The smallest absolute Gasteiger partial charge is 0.349 e. The van der Waals surface area contributed by atoms with Crippen LogP contribution >= 0.6 is 46.6 Å². The molecule has 0 bridgehead atoms. The molecule has 2 aromatic heterocycles. The molecule has 0 saturated heterocycles. The molecule has 1 atom stereocenters. The highest BCUT2D eigenvalue weighted by atomic mass is 35.5. The van der Waals surface area contributed by atoms with Gasteiger partial charge in [0.1, 0.15) is 17.9 Å². The number of hydrogen-bond donors (Lipinski definition) is 4. The number of nitrogens with two attached hydrogens (primary N) is 1. The number of aromatic nitrogens is 3. The molecule has 0 aliphatic carbocycles. The van der Waals surface area contributed by atoms with Crippen molar-refractivity contribution in [1.82, 2.24) is 20.1 Å². The molecule has 0 aliphatic rings. The van der Waals surface area contributed by atoms with Crippen molar-refractivity contribution in [1.29, 1.82) is 5.41 Å². The van der Waals surface area contributed by atoms with Crippen LogP contribution in [-0.4, -0.2) is 56.6 Å². The maximum atomic E-state index is 13.5. The monoisotopic (exact) mass is 650 g/mol. The molecule has 1 aromatic carbocycles. The molecule has 41 heavy (non-hydrogen) atoms. The van der Waals surface area contributed by atoms with Gasteiger partial charge in [0, 0.05) is 28.2 Å². The van der Waals surface area contributed by atoms with Gasteiger partial charge in [-0.05, 0) is 43.5 Å². The first-order chi connectivity index (χ1) is 19.3. The van der Waals surface area contributed by atoms with Crippen LogP contribution in [0.15, 0.2) is 46.9 Å². The average molecular weight is 652 g/mol. The first-order valence-electron chi connectivity index (χ1n) is 11.5. The summed E-state index contributed by atoms with van der Waals surface area (Å²) in [7, 11) is 0. The lowest BCUT2D eigenvalue weighted by atomic mass is 10.1. The molecule has 0 aliphatic heterocycles. The number of carbonyl (C=O) groups is 2. The Balaban J connectivity index is 1.95. The van der Waals surface area contributed by atoms with Gasteiger partial charge in [-0.25, -0.2) is 9.67 Å². The summed E-state index contributed by atoms with van der Waals surface area (Å²) >= 11 is 20.3. The summed E-state index contributed by atoms with van der Waals surface area (Å²) in [5.41, 5.74) is 1.08. The fourth-order valence-electron chi connectivity index (χ4n) is 3.33. The Morgan fingerprint density at radius 1 is 1.20 bits per heavy atom. The SMILES string of the molecule is CSCC(C)NC(=O)c1cc(Cl)cc(Cl)c1NC(=O)c1cc(C[NH2+]N=NC(=N)C(F)(F)F)nn1-c1ncccc1Cl. The van der Waals surface area contributed by atoms with Gasteiger partial charge >= 0.3 is 6.18 Å². The number of hydrogen-bond acceptors (Lipinski definition) is 7. The van der Waals surface area contributed by atoms with Crippen molar-refractivity contribution in [3.8, 4) is 5.82 Å². The van der Waals surface area contributed by atoms with E-state index in [0.29, 0.717) is 5.75 Å². The summed E-state index contributed by atoms with van der Waals surface area (Å²) in [4.78, 5) is 30.7. The van der Waals surface area contributed by atoms with Gasteiger partial charge in [0.2, 0.25) is 0 Å². The molecule has 3 rings (SSSR count). The third kappa shape index (κ3) is 8.63. The van der Waals surface area contributed by atoms with E-state index in [1.807, 2.05) is 13.2 Å².